The molecule has 0 fully saturated rings. The van der Waals surface area contributed by atoms with Crippen molar-refractivity contribution in [3.8, 4) is 11.6 Å². The second kappa shape index (κ2) is 6.89. The summed E-state index contributed by atoms with van der Waals surface area (Å²) >= 11 is 6.04. The van der Waals surface area contributed by atoms with Crippen LogP contribution in [0.25, 0.3) is 0 Å². The van der Waals surface area contributed by atoms with Gasteiger partial charge in [0.1, 0.15) is 24.9 Å². The Bertz CT molecular complexity index is 807. The second-order valence-corrected chi connectivity index (χ2v) is 4.96. The molecule has 0 spiro atoms. The minimum absolute atomic E-state index is 0.0724. The third-order valence-corrected chi connectivity index (χ3v) is 3.15. The predicted molar refractivity (Wildman–Crippen MR) is 84.4 cm³/mol. The fraction of sp³-hybridized carbons (Fsp3) is 0.0667. The molecule has 0 aliphatic heterocycles. The molecule has 1 aromatic carbocycles. The lowest BCUT2D eigenvalue weighted by atomic mass is 10.3. The number of anilines is 1. The lowest BCUT2D eigenvalue weighted by molar-refractivity contribution is -0.116. The zero-order chi connectivity index (χ0) is 16.1. The van der Waals surface area contributed by atoms with Gasteiger partial charge >= 0.3 is 0 Å². The number of para-hydroxylation sites is 1. The van der Waals surface area contributed by atoms with Crippen LogP contribution < -0.4 is 10.1 Å². The van der Waals surface area contributed by atoms with Gasteiger partial charge in [-0.25, -0.2) is 14.6 Å². The van der Waals surface area contributed by atoms with E-state index in [0.29, 0.717) is 22.3 Å². The van der Waals surface area contributed by atoms with Gasteiger partial charge in [0.05, 0.1) is 5.02 Å². The third kappa shape index (κ3) is 4.04. The van der Waals surface area contributed by atoms with E-state index in [1.165, 1.54) is 23.5 Å². The first kappa shape index (κ1) is 15.0. The first-order valence-electron chi connectivity index (χ1n) is 6.71. The van der Waals surface area contributed by atoms with Crippen LogP contribution in [0.2, 0.25) is 5.02 Å². The maximum atomic E-state index is 11.9. The first-order valence-corrected chi connectivity index (χ1v) is 7.09. The first-order chi connectivity index (χ1) is 11.2. The Hall–Kier alpha value is -2.93. The van der Waals surface area contributed by atoms with Crippen LogP contribution in [0.1, 0.15) is 0 Å². The van der Waals surface area contributed by atoms with E-state index >= 15 is 0 Å². The van der Waals surface area contributed by atoms with Gasteiger partial charge < -0.3 is 10.1 Å². The number of rotatable bonds is 5. The van der Waals surface area contributed by atoms with Crippen LogP contribution in [-0.2, 0) is 11.3 Å². The highest BCUT2D eigenvalue weighted by molar-refractivity contribution is 6.32. The molecule has 0 saturated heterocycles. The van der Waals surface area contributed by atoms with Crippen LogP contribution in [0, 0.1) is 0 Å². The Morgan fingerprint density at radius 2 is 2.17 bits per heavy atom. The summed E-state index contributed by atoms with van der Waals surface area (Å²) in [5.74, 6) is 0.592. The van der Waals surface area contributed by atoms with Crippen molar-refractivity contribution in [2.45, 2.75) is 6.54 Å². The van der Waals surface area contributed by atoms with E-state index in [4.69, 9.17) is 16.3 Å². The van der Waals surface area contributed by atoms with Crippen LogP contribution >= 0.6 is 11.6 Å². The number of benzene rings is 1. The Balaban J connectivity index is 1.67. The predicted octanol–water partition coefficient (Wildman–Crippen LogP) is 2.76. The summed E-state index contributed by atoms with van der Waals surface area (Å²) in [6.45, 7) is 0.0724. The average Bonchev–Trinajstić information content (AvgIpc) is 3.03. The summed E-state index contributed by atoms with van der Waals surface area (Å²) in [4.78, 5) is 19.8. The van der Waals surface area contributed by atoms with Crippen molar-refractivity contribution in [3.05, 3.63) is 60.3 Å². The molecular weight excluding hydrogens is 318 g/mol. The molecule has 8 heteroatoms. The third-order valence-electron chi connectivity index (χ3n) is 2.84. The minimum Gasteiger partial charge on any atom is -0.437 e. The number of halogens is 1. The Morgan fingerprint density at radius 1 is 1.30 bits per heavy atom. The SMILES string of the molecule is O=C(Cn1cncn1)Nc1ccnc(Oc2ccccc2Cl)c1. The molecule has 0 saturated carbocycles. The highest BCUT2D eigenvalue weighted by Crippen LogP contribution is 2.28. The van der Waals surface area contributed by atoms with Gasteiger partial charge in [-0.1, -0.05) is 23.7 Å². The molecule has 1 amide bonds. The largest absolute Gasteiger partial charge is 0.437 e. The van der Waals surface area contributed by atoms with Crippen molar-refractivity contribution in [2.75, 3.05) is 5.32 Å². The number of hydrogen-bond donors (Lipinski definition) is 1. The lowest BCUT2D eigenvalue weighted by Gasteiger charge is -2.09. The number of nitrogens with zero attached hydrogens (tertiary/aromatic N) is 4. The number of aromatic nitrogens is 4. The molecule has 0 aliphatic rings. The zero-order valence-electron chi connectivity index (χ0n) is 11.9. The maximum Gasteiger partial charge on any atom is 0.246 e. The van der Waals surface area contributed by atoms with Crippen LogP contribution in [0.3, 0.4) is 0 Å². The number of carbonyl (C=O) groups excluding carboxylic acids is 1. The van der Waals surface area contributed by atoms with E-state index in [1.54, 1.807) is 24.3 Å². The highest BCUT2D eigenvalue weighted by atomic mass is 35.5. The van der Waals surface area contributed by atoms with Gasteiger partial charge in [0.2, 0.25) is 11.8 Å². The Kier molecular flexibility index (Phi) is 4.49. The zero-order valence-corrected chi connectivity index (χ0v) is 12.6. The summed E-state index contributed by atoms with van der Waals surface area (Å²) in [5.41, 5.74) is 0.562. The molecule has 3 aromatic rings. The van der Waals surface area contributed by atoms with E-state index in [1.807, 2.05) is 12.1 Å². The molecular formula is C15H12ClN5O2. The quantitative estimate of drug-likeness (QED) is 0.778. The smallest absolute Gasteiger partial charge is 0.246 e. The molecule has 7 nitrogen and oxygen atoms in total. The molecule has 0 aliphatic carbocycles. The van der Waals surface area contributed by atoms with Gasteiger partial charge in [-0.05, 0) is 18.2 Å². The van der Waals surface area contributed by atoms with Gasteiger partial charge in [-0.3, -0.25) is 4.79 Å². The number of amides is 1. The maximum absolute atomic E-state index is 11.9. The van der Waals surface area contributed by atoms with Gasteiger partial charge in [0, 0.05) is 18.0 Å². The number of carbonyl (C=O) groups is 1. The summed E-state index contributed by atoms with van der Waals surface area (Å²) in [5, 5.41) is 7.10. The molecule has 116 valence electrons. The monoisotopic (exact) mass is 329 g/mol. The van der Waals surface area contributed by atoms with Crippen molar-refractivity contribution in [1.29, 1.82) is 0 Å². The van der Waals surface area contributed by atoms with E-state index in [0.717, 1.165) is 0 Å². The molecule has 0 bridgehead atoms. The van der Waals surface area contributed by atoms with Crippen molar-refractivity contribution in [3.63, 3.8) is 0 Å². The molecule has 23 heavy (non-hydrogen) atoms. The topological polar surface area (TPSA) is 81.9 Å². The average molecular weight is 330 g/mol. The second-order valence-electron chi connectivity index (χ2n) is 4.56. The standard InChI is InChI=1S/C15H12ClN5O2/c16-12-3-1-2-4-13(12)23-15-7-11(5-6-18-15)20-14(22)8-21-10-17-9-19-21/h1-7,9-10H,8H2,(H,18,20,22). The Morgan fingerprint density at radius 3 is 2.96 bits per heavy atom. The molecule has 2 aromatic heterocycles. The van der Waals surface area contributed by atoms with E-state index in [2.05, 4.69) is 20.4 Å². The fourth-order valence-electron chi connectivity index (χ4n) is 1.85. The summed E-state index contributed by atoms with van der Waals surface area (Å²) < 4.78 is 7.04. The number of nitrogens with one attached hydrogen (secondary N) is 1. The van der Waals surface area contributed by atoms with Crippen molar-refractivity contribution >= 4 is 23.2 Å². The van der Waals surface area contributed by atoms with Crippen molar-refractivity contribution < 1.29 is 9.53 Å². The number of ether oxygens (including phenoxy) is 1. The molecule has 0 atom stereocenters. The van der Waals surface area contributed by atoms with Crippen LogP contribution in [0.15, 0.2) is 55.2 Å². The van der Waals surface area contributed by atoms with Crippen LogP contribution in [0.4, 0.5) is 5.69 Å². The number of hydrogen-bond acceptors (Lipinski definition) is 5. The normalized spacial score (nSPS) is 10.3. The molecule has 0 unspecified atom stereocenters. The lowest BCUT2D eigenvalue weighted by Crippen LogP contribution is -2.19. The summed E-state index contributed by atoms with van der Waals surface area (Å²) in [6.07, 6.45) is 4.38. The minimum atomic E-state index is -0.231. The Labute approximate surface area is 136 Å². The van der Waals surface area contributed by atoms with E-state index in [-0.39, 0.29) is 12.5 Å². The summed E-state index contributed by atoms with van der Waals surface area (Å²) in [6, 6.07) is 10.4. The molecule has 0 radical (unpaired) electrons. The molecule has 3 rings (SSSR count). The van der Waals surface area contributed by atoms with Crippen molar-refractivity contribution in [1.82, 2.24) is 19.7 Å². The van der Waals surface area contributed by atoms with Gasteiger partial charge in [-0.15, -0.1) is 0 Å². The van der Waals surface area contributed by atoms with Gasteiger partial charge in [0.15, 0.2) is 0 Å². The molecule has 1 N–H and O–H groups in total. The van der Waals surface area contributed by atoms with Gasteiger partial charge in [-0.2, -0.15) is 5.10 Å². The van der Waals surface area contributed by atoms with Crippen molar-refractivity contribution in [2.24, 2.45) is 0 Å². The van der Waals surface area contributed by atoms with Gasteiger partial charge in [0.25, 0.3) is 0 Å². The van der Waals surface area contributed by atoms with E-state index < -0.39 is 0 Å². The molecule has 2 heterocycles. The number of pyridine rings is 1. The fourth-order valence-corrected chi connectivity index (χ4v) is 2.02. The highest BCUT2D eigenvalue weighted by Gasteiger charge is 2.07. The van der Waals surface area contributed by atoms with Crippen LogP contribution in [0.5, 0.6) is 11.6 Å². The van der Waals surface area contributed by atoms with Crippen LogP contribution in [-0.4, -0.2) is 25.7 Å². The van der Waals surface area contributed by atoms with E-state index in [9.17, 15) is 4.79 Å². The summed E-state index contributed by atoms with van der Waals surface area (Å²) in [7, 11) is 0.